The van der Waals surface area contributed by atoms with Crippen LogP contribution in [0, 0.1) is 5.95 Å². The van der Waals surface area contributed by atoms with E-state index >= 15 is 0 Å². The fourth-order valence-corrected chi connectivity index (χ4v) is 1.82. The first-order valence-electron chi connectivity index (χ1n) is 6.49. The zero-order valence-electron chi connectivity index (χ0n) is 12.4. The summed E-state index contributed by atoms with van der Waals surface area (Å²) >= 11 is 0. The number of pyridine rings is 1. The Bertz CT molecular complexity index is 515. The number of rotatable bonds is 3. The van der Waals surface area contributed by atoms with Gasteiger partial charge < -0.3 is 14.0 Å². The fraction of sp³-hybridized carbons (Fsp3) is 0.500. The zero-order valence-corrected chi connectivity index (χ0v) is 12.4. The van der Waals surface area contributed by atoms with Crippen molar-refractivity contribution in [1.82, 2.24) is 4.98 Å². The molecule has 1 aromatic heterocycles. The number of nitrogens with zero attached hydrogens (tertiary/aromatic N) is 1. The van der Waals surface area contributed by atoms with Crippen LogP contribution in [0.5, 0.6) is 5.88 Å². The molecule has 0 bridgehead atoms. The molecule has 0 unspecified atom stereocenters. The van der Waals surface area contributed by atoms with E-state index in [-0.39, 0.29) is 5.88 Å². The van der Waals surface area contributed by atoms with Crippen LogP contribution in [0.1, 0.15) is 33.3 Å². The van der Waals surface area contributed by atoms with Crippen molar-refractivity contribution in [3.8, 4) is 5.88 Å². The molecule has 0 radical (unpaired) electrons. The number of hydrogen-bond donors (Lipinski definition) is 0. The van der Waals surface area contributed by atoms with Gasteiger partial charge in [0.05, 0.1) is 18.3 Å². The Kier molecular flexibility index (Phi) is 3.89. The minimum Gasteiger partial charge on any atom is -0.481 e. The molecule has 0 saturated carbocycles. The third-order valence-corrected chi connectivity index (χ3v) is 3.77. The van der Waals surface area contributed by atoms with E-state index in [9.17, 15) is 4.39 Å². The van der Waals surface area contributed by atoms with Crippen LogP contribution in [0.15, 0.2) is 18.1 Å². The lowest BCUT2D eigenvalue weighted by atomic mass is 9.89. The fourth-order valence-electron chi connectivity index (χ4n) is 1.82. The van der Waals surface area contributed by atoms with Crippen LogP contribution in [0.4, 0.5) is 4.39 Å². The van der Waals surface area contributed by atoms with Crippen LogP contribution in [-0.2, 0) is 9.31 Å². The second-order valence-electron chi connectivity index (χ2n) is 5.72. The lowest BCUT2D eigenvalue weighted by Gasteiger charge is -2.32. The third kappa shape index (κ3) is 2.86. The summed E-state index contributed by atoms with van der Waals surface area (Å²) in [6.45, 7) is 7.87. The molecule has 0 N–H and O–H groups in total. The SMILES string of the molecule is COc1ccc(/C=C/B2OC(C)(C)C(C)(C)O2)c(F)n1. The molecule has 0 spiro atoms. The maximum atomic E-state index is 13.7. The number of methoxy groups -OCH3 is 1. The van der Waals surface area contributed by atoms with Gasteiger partial charge in [-0.05, 0) is 33.8 Å². The summed E-state index contributed by atoms with van der Waals surface area (Å²) in [4.78, 5) is 3.67. The molecule has 6 heteroatoms. The van der Waals surface area contributed by atoms with Crippen molar-refractivity contribution in [3.05, 3.63) is 29.6 Å². The van der Waals surface area contributed by atoms with Crippen molar-refractivity contribution in [3.63, 3.8) is 0 Å². The van der Waals surface area contributed by atoms with Gasteiger partial charge in [-0.1, -0.05) is 12.1 Å². The van der Waals surface area contributed by atoms with Gasteiger partial charge in [0, 0.05) is 11.6 Å². The first-order chi connectivity index (χ1) is 9.25. The van der Waals surface area contributed by atoms with E-state index in [1.807, 2.05) is 27.7 Å². The van der Waals surface area contributed by atoms with Crippen molar-refractivity contribution in [2.45, 2.75) is 38.9 Å². The van der Waals surface area contributed by atoms with Crippen molar-refractivity contribution in [2.24, 2.45) is 0 Å². The lowest BCUT2D eigenvalue weighted by molar-refractivity contribution is 0.00578. The summed E-state index contributed by atoms with van der Waals surface area (Å²) in [7, 11) is 0.947. The monoisotopic (exact) mass is 279 g/mol. The van der Waals surface area contributed by atoms with Gasteiger partial charge in [-0.2, -0.15) is 9.37 Å². The van der Waals surface area contributed by atoms with E-state index in [1.54, 1.807) is 24.2 Å². The summed E-state index contributed by atoms with van der Waals surface area (Å²) in [5.41, 5.74) is -0.447. The van der Waals surface area contributed by atoms with Crippen LogP contribution in [0.2, 0.25) is 0 Å². The molecule has 2 rings (SSSR count). The molecule has 0 amide bonds. The molecule has 0 aliphatic carbocycles. The molecule has 1 aliphatic rings. The Morgan fingerprint density at radius 2 is 1.80 bits per heavy atom. The predicted molar refractivity (Wildman–Crippen MR) is 75.9 cm³/mol. The van der Waals surface area contributed by atoms with Gasteiger partial charge in [0.2, 0.25) is 11.8 Å². The van der Waals surface area contributed by atoms with Gasteiger partial charge in [0.25, 0.3) is 0 Å². The Balaban J connectivity index is 2.12. The summed E-state index contributed by atoms with van der Waals surface area (Å²) in [5, 5.41) is 0. The molecule has 4 nitrogen and oxygen atoms in total. The maximum absolute atomic E-state index is 13.7. The number of hydrogen-bond acceptors (Lipinski definition) is 4. The highest BCUT2D eigenvalue weighted by Gasteiger charge is 2.49. The minimum absolute atomic E-state index is 0.246. The number of halogens is 1. The topological polar surface area (TPSA) is 40.6 Å². The average Bonchev–Trinajstić information content (AvgIpc) is 2.56. The first kappa shape index (κ1) is 15.0. The van der Waals surface area contributed by atoms with Crippen molar-refractivity contribution < 1.29 is 18.4 Å². The van der Waals surface area contributed by atoms with Gasteiger partial charge in [-0.15, -0.1) is 0 Å². The quantitative estimate of drug-likeness (QED) is 0.630. The minimum atomic E-state index is -0.586. The normalized spacial score (nSPS) is 20.6. The van der Waals surface area contributed by atoms with E-state index in [0.717, 1.165) is 0 Å². The highest BCUT2D eigenvalue weighted by atomic mass is 19.1. The average molecular weight is 279 g/mol. The van der Waals surface area contributed by atoms with Crippen LogP contribution < -0.4 is 4.74 Å². The lowest BCUT2D eigenvalue weighted by Crippen LogP contribution is -2.41. The third-order valence-electron chi connectivity index (χ3n) is 3.77. The van der Waals surface area contributed by atoms with Gasteiger partial charge in [-0.3, -0.25) is 0 Å². The first-order valence-corrected chi connectivity index (χ1v) is 6.49. The molecular weight excluding hydrogens is 260 g/mol. The molecule has 1 aliphatic heterocycles. The molecular formula is C14H19BFNO3. The summed E-state index contributed by atoms with van der Waals surface area (Å²) < 4.78 is 30.1. The van der Waals surface area contributed by atoms with E-state index in [0.29, 0.717) is 5.56 Å². The maximum Gasteiger partial charge on any atom is 0.487 e. The van der Waals surface area contributed by atoms with E-state index in [4.69, 9.17) is 14.0 Å². The molecule has 1 saturated heterocycles. The Labute approximate surface area is 119 Å². The number of aromatic nitrogens is 1. The van der Waals surface area contributed by atoms with Crippen LogP contribution in [0.25, 0.3) is 6.08 Å². The van der Waals surface area contributed by atoms with Gasteiger partial charge in [0.15, 0.2) is 0 Å². The Morgan fingerprint density at radius 1 is 1.20 bits per heavy atom. The molecule has 20 heavy (non-hydrogen) atoms. The van der Waals surface area contributed by atoms with Gasteiger partial charge in [0.1, 0.15) is 0 Å². The van der Waals surface area contributed by atoms with Crippen molar-refractivity contribution in [2.75, 3.05) is 7.11 Å². The van der Waals surface area contributed by atoms with E-state index in [1.165, 1.54) is 7.11 Å². The molecule has 2 heterocycles. The smallest absolute Gasteiger partial charge is 0.481 e. The van der Waals surface area contributed by atoms with Crippen molar-refractivity contribution >= 4 is 13.2 Å². The van der Waals surface area contributed by atoms with Gasteiger partial charge in [-0.25, -0.2) is 0 Å². The highest BCUT2D eigenvalue weighted by Crippen LogP contribution is 2.37. The summed E-state index contributed by atoms with van der Waals surface area (Å²) in [5.74, 6) is 1.34. The molecule has 1 aromatic rings. The summed E-state index contributed by atoms with van der Waals surface area (Å²) in [6.07, 6.45) is 1.60. The largest absolute Gasteiger partial charge is 0.487 e. The second-order valence-corrected chi connectivity index (χ2v) is 5.72. The van der Waals surface area contributed by atoms with Crippen LogP contribution in [0.3, 0.4) is 0 Å². The second kappa shape index (κ2) is 5.18. The predicted octanol–water partition coefficient (Wildman–Crippen LogP) is 2.87. The van der Waals surface area contributed by atoms with E-state index < -0.39 is 24.3 Å². The number of ether oxygens (including phenoxy) is 1. The molecule has 0 atom stereocenters. The van der Waals surface area contributed by atoms with Crippen LogP contribution >= 0.6 is 0 Å². The highest BCUT2D eigenvalue weighted by molar-refractivity contribution is 6.52. The standard InChI is InChI=1S/C14H19BFNO3/c1-13(2)14(3,4)20-15(19-13)9-8-10-6-7-11(18-5)17-12(10)16/h6-9H,1-5H3/b9-8+. The Morgan fingerprint density at radius 3 is 2.30 bits per heavy atom. The van der Waals surface area contributed by atoms with Gasteiger partial charge >= 0.3 is 7.12 Å². The molecule has 108 valence electrons. The Hall–Kier alpha value is -1.40. The molecule has 0 aromatic carbocycles. The zero-order chi connectivity index (χ0) is 15.0. The van der Waals surface area contributed by atoms with Crippen molar-refractivity contribution in [1.29, 1.82) is 0 Å². The molecule has 1 fully saturated rings. The summed E-state index contributed by atoms with van der Waals surface area (Å²) in [6, 6.07) is 3.20. The van der Waals surface area contributed by atoms with E-state index in [2.05, 4.69) is 4.98 Å². The van der Waals surface area contributed by atoms with Crippen LogP contribution in [-0.4, -0.2) is 30.4 Å².